The van der Waals surface area contributed by atoms with Crippen LogP contribution in [0.1, 0.15) is 28.8 Å². The molecule has 176 valence electrons. The van der Waals surface area contributed by atoms with Crippen LogP contribution in [0.2, 0.25) is 5.02 Å². The molecule has 1 saturated heterocycles. The van der Waals surface area contributed by atoms with Gasteiger partial charge in [0.15, 0.2) is 0 Å². The second kappa shape index (κ2) is 9.97. The number of hydrogen-bond acceptors (Lipinski definition) is 6. The lowest BCUT2D eigenvalue weighted by atomic mass is 9.52. The predicted molar refractivity (Wildman–Crippen MR) is 142 cm³/mol. The van der Waals surface area contributed by atoms with Gasteiger partial charge in [-0.1, -0.05) is 11.6 Å². The SMILES string of the molecule is BC(B)(C1CCOCC1)N1CCc2c(CNc3ccc(-c4cc(F)ccc4Cl)nn3)csc2C1. The van der Waals surface area contributed by atoms with Crippen molar-refractivity contribution in [3.8, 4) is 11.3 Å². The van der Waals surface area contributed by atoms with Crippen molar-refractivity contribution in [3.05, 3.63) is 62.6 Å². The first-order valence-corrected chi connectivity index (χ1v) is 13.1. The van der Waals surface area contributed by atoms with Crippen LogP contribution < -0.4 is 5.32 Å². The summed E-state index contributed by atoms with van der Waals surface area (Å²) in [5.41, 5.74) is 3.91. The predicted octanol–water partition coefficient (Wildman–Crippen LogP) is 3.31. The molecule has 2 aromatic heterocycles. The molecule has 5 rings (SSSR count). The average Bonchev–Trinajstić information content (AvgIpc) is 3.27. The Bertz CT molecular complexity index is 1150. The van der Waals surface area contributed by atoms with Crippen LogP contribution >= 0.6 is 22.9 Å². The zero-order valence-corrected chi connectivity index (χ0v) is 21.2. The van der Waals surface area contributed by atoms with Crippen LogP contribution in [-0.4, -0.2) is 55.9 Å². The Kier molecular flexibility index (Phi) is 6.98. The normalized spacial score (nSPS) is 17.5. The zero-order valence-electron chi connectivity index (χ0n) is 19.6. The summed E-state index contributed by atoms with van der Waals surface area (Å²) in [5.74, 6) is 1.03. The first-order valence-electron chi connectivity index (χ1n) is 11.9. The maximum absolute atomic E-state index is 13.6. The monoisotopic (exact) mass is 496 g/mol. The van der Waals surface area contributed by atoms with Gasteiger partial charge in [-0.05, 0) is 77.4 Å². The molecule has 4 heterocycles. The summed E-state index contributed by atoms with van der Waals surface area (Å²) in [4.78, 5) is 4.14. The van der Waals surface area contributed by atoms with Crippen LogP contribution in [0.5, 0.6) is 0 Å². The van der Waals surface area contributed by atoms with E-state index in [0.29, 0.717) is 34.6 Å². The number of rotatable bonds is 6. The number of nitrogens with one attached hydrogen (secondary N) is 1. The standard InChI is InChI=1S/C24H28B2ClFN4OS/c25-24(26,16-6-9-33-10-7-16)32-8-5-18-15(14-34-22(18)13-32)12-29-23-4-3-21(30-31-23)19-11-17(28)1-2-20(19)27/h1-4,11,14,16H,5-10,12-13,25-26H2,(H,29,31). The van der Waals surface area contributed by atoms with E-state index in [-0.39, 0.29) is 11.2 Å². The van der Waals surface area contributed by atoms with Gasteiger partial charge in [0.05, 0.1) is 10.7 Å². The fourth-order valence-electron chi connectivity index (χ4n) is 5.15. The average molecular weight is 497 g/mol. The van der Waals surface area contributed by atoms with Gasteiger partial charge in [-0.25, -0.2) is 4.39 Å². The Morgan fingerprint density at radius 1 is 1.21 bits per heavy atom. The summed E-state index contributed by atoms with van der Waals surface area (Å²) in [5, 5.41) is 14.8. The summed E-state index contributed by atoms with van der Waals surface area (Å²) < 4.78 is 19.2. The molecular formula is C24H28B2ClFN4OS. The minimum atomic E-state index is -0.347. The van der Waals surface area contributed by atoms with Crippen molar-refractivity contribution >= 4 is 44.4 Å². The van der Waals surface area contributed by atoms with Crippen LogP contribution in [0, 0.1) is 11.7 Å². The van der Waals surface area contributed by atoms with Crippen LogP contribution in [-0.2, 0) is 24.2 Å². The second-order valence-electron chi connectivity index (χ2n) is 9.66. The summed E-state index contributed by atoms with van der Waals surface area (Å²) in [7, 11) is 4.81. The molecule has 0 bridgehead atoms. The Balaban J connectivity index is 1.22. The molecule has 34 heavy (non-hydrogen) atoms. The van der Waals surface area contributed by atoms with Crippen LogP contribution in [0.15, 0.2) is 35.7 Å². The van der Waals surface area contributed by atoms with E-state index in [1.54, 1.807) is 0 Å². The smallest absolute Gasteiger partial charge is 0.148 e. The minimum absolute atomic E-state index is 0.186. The lowest BCUT2D eigenvalue weighted by Gasteiger charge is -2.47. The highest BCUT2D eigenvalue weighted by molar-refractivity contribution is 7.10. The van der Waals surface area contributed by atoms with Crippen molar-refractivity contribution in [1.29, 1.82) is 0 Å². The van der Waals surface area contributed by atoms with Gasteiger partial charge in [0.1, 0.15) is 27.3 Å². The molecule has 1 N–H and O–H groups in total. The van der Waals surface area contributed by atoms with Crippen molar-refractivity contribution in [3.63, 3.8) is 0 Å². The molecule has 2 aliphatic rings. The molecule has 5 nitrogen and oxygen atoms in total. The molecule has 2 aliphatic heterocycles. The van der Waals surface area contributed by atoms with E-state index < -0.39 is 0 Å². The van der Waals surface area contributed by atoms with Crippen molar-refractivity contribution in [2.75, 3.05) is 25.1 Å². The Hall–Kier alpha value is -1.93. The fourth-order valence-corrected chi connectivity index (χ4v) is 6.48. The van der Waals surface area contributed by atoms with Crippen molar-refractivity contribution < 1.29 is 9.13 Å². The quantitative estimate of drug-likeness (QED) is 0.531. The van der Waals surface area contributed by atoms with E-state index >= 15 is 0 Å². The third-order valence-corrected chi connectivity index (χ3v) is 8.79. The van der Waals surface area contributed by atoms with Crippen LogP contribution in [0.4, 0.5) is 10.2 Å². The number of nitrogens with zero attached hydrogens (tertiary/aromatic N) is 3. The highest BCUT2D eigenvalue weighted by Gasteiger charge is 2.38. The number of ether oxygens (including phenoxy) is 1. The molecule has 0 saturated carbocycles. The van der Waals surface area contributed by atoms with Gasteiger partial charge in [-0.15, -0.1) is 21.5 Å². The number of fused-ring (bicyclic) bond motifs is 1. The fraction of sp³-hybridized carbons (Fsp3) is 0.417. The lowest BCUT2D eigenvalue weighted by Crippen LogP contribution is -2.57. The summed E-state index contributed by atoms with van der Waals surface area (Å²) in [6.45, 7) is 4.60. The second-order valence-corrected chi connectivity index (χ2v) is 11.0. The Labute approximate surface area is 210 Å². The van der Waals surface area contributed by atoms with E-state index in [0.717, 1.165) is 45.6 Å². The number of aromatic nitrogens is 2. The van der Waals surface area contributed by atoms with Crippen molar-refractivity contribution in [2.45, 2.75) is 37.7 Å². The van der Waals surface area contributed by atoms with Gasteiger partial charge in [0, 0.05) is 43.3 Å². The summed E-state index contributed by atoms with van der Waals surface area (Å²) >= 11 is 8.05. The first kappa shape index (κ1) is 23.8. The van der Waals surface area contributed by atoms with Gasteiger partial charge in [0.2, 0.25) is 0 Å². The topological polar surface area (TPSA) is 50.3 Å². The molecule has 1 aromatic carbocycles. The zero-order chi connectivity index (χ0) is 23.7. The van der Waals surface area contributed by atoms with Crippen molar-refractivity contribution in [1.82, 2.24) is 15.1 Å². The molecule has 0 amide bonds. The molecule has 1 fully saturated rings. The molecule has 3 aromatic rings. The molecule has 0 spiro atoms. The van der Waals surface area contributed by atoms with Gasteiger partial charge >= 0.3 is 0 Å². The minimum Gasteiger partial charge on any atom is -0.381 e. The number of benzene rings is 1. The maximum atomic E-state index is 13.6. The number of hydrogen-bond donors (Lipinski definition) is 1. The van der Waals surface area contributed by atoms with Gasteiger partial charge in [-0.2, -0.15) is 0 Å². The molecule has 0 atom stereocenters. The highest BCUT2D eigenvalue weighted by atomic mass is 35.5. The maximum Gasteiger partial charge on any atom is 0.148 e. The van der Waals surface area contributed by atoms with Gasteiger partial charge < -0.3 is 15.0 Å². The molecular weight excluding hydrogens is 468 g/mol. The summed E-state index contributed by atoms with van der Waals surface area (Å²) in [6, 6.07) is 7.92. The molecule has 0 radical (unpaired) electrons. The van der Waals surface area contributed by atoms with E-state index in [4.69, 9.17) is 16.3 Å². The van der Waals surface area contributed by atoms with E-state index in [1.165, 1.54) is 34.2 Å². The summed E-state index contributed by atoms with van der Waals surface area (Å²) in [6.07, 6.45) is 3.38. The lowest BCUT2D eigenvalue weighted by molar-refractivity contribution is 0.0311. The molecule has 0 unspecified atom stereocenters. The van der Waals surface area contributed by atoms with E-state index in [1.807, 2.05) is 23.5 Å². The van der Waals surface area contributed by atoms with E-state index in [9.17, 15) is 4.39 Å². The third kappa shape index (κ3) is 4.89. The van der Waals surface area contributed by atoms with Crippen molar-refractivity contribution in [2.24, 2.45) is 5.92 Å². The third-order valence-electron chi connectivity index (χ3n) is 7.40. The van der Waals surface area contributed by atoms with Crippen LogP contribution in [0.3, 0.4) is 0 Å². The van der Waals surface area contributed by atoms with E-state index in [2.05, 4.69) is 41.5 Å². The Morgan fingerprint density at radius 2 is 2.03 bits per heavy atom. The van der Waals surface area contributed by atoms with Gasteiger partial charge in [0.25, 0.3) is 0 Å². The Morgan fingerprint density at radius 3 is 2.79 bits per heavy atom. The molecule has 0 aliphatic carbocycles. The van der Waals surface area contributed by atoms with Gasteiger partial charge in [-0.3, -0.25) is 0 Å². The number of thiophene rings is 1. The number of anilines is 1. The first-order chi connectivity index (χ1) is 16.4. The highest BCUT2D eigenvalue weighted by Crippen LogP contribution is 2.35. The number of halogens is 2. The van der Waals surface area contributed by atoms with Crippen LogP contribution in [0.25, 0.3) is 11.3 Å². The molecule has 10 heteroatoms. The largest absolute Gasteiger partial charge is 0.381 e.